The number of halogens is 1. The average molecular weight is 426 g/mol. The lowest BCUT2D eigenvalue weighted by Gasteiger charge is -2.13. The molecule has 0 aliphatic heterocycles. The van der Waals surface area contributed by atoms with Crippen molar-refractivity contribution in [2.75, 3.05) is 12.4 Å². The Morgan fingerprint density at radius 3 is 2.66 bits per heavy atom. The predicted octanol–water partition coefficient (Wildman–Crippen LogP) is 6.14. The van der Waals surface area contributed by atoms with E-state index >= 15 is 0 Å². The van der Waals surface area contributed by atoms with Gasteiger partial charge in [-0.05, 0) is 55.0 Å². The number of nitrogens with zero attached hydrogens (tertiary/aromatic N) is 2. The molecule has 5 rings (SSSR count). The van der Waals surface area contributed by atoms with Crippen LogP contribution in [0.3, 0.4) is 0 Å². The van der Waals surface area contributed by atoms with Crippen molar-refractivity contribution in [3.8, 4) is 11.4 Å². The van der Waals surface area contributed by atoms with Crippen LogP contribution in [0.25, 0.3) is 16.6 Å². The zero-order valence-electron chi connectivity index (χ0n) is 17.9. The van der Waals surface area contributed by atoms with Gasteiger partial charge in [0.05, 0.1) is 24.8 Å². The monoisotopic (exact) mass is 426 g/mol. The Bertz CT molecular complexity index is 1390. The number of ether oxygens (including phenoxy) is 1. The van der Waals surface area contributed by atoms with Gasteiger partial charge in [0, 0.05) is 46.7 Å². The Morgan fingerprint density at radius 2 is 1.91 bits per heavy atom. The fraction of sp³-hybridized carbons (Fsp3) is 0.115. The maximum Gasteiger partial charge on any atom is 0.144 e. The maximum atomic E-state index is 13.2. The van der Waals surface area contributed by atoms with E-state index in [0.717, 1.165) is 50.7 Å². The number of hydrogen-bond donors (Lipinski definition) is 2. The first-order chi connectivity index (χ1) is 15.6. The summed E-state index contributed by atoms with van der Waals surface area (Å²) in [6, 6.07) is 20.9. The molecule has 32 heavy (non-hydrogen) atoms. The van der Waals surface area contributed by atoms with Gasteiger partial charge in [-0.2, -0.15) is 0 Å². The Balaban J connectivity index is 1.43. The third kappa shape index (κ3) is 3.95. The summed E-state index contributed by atoms with van der Waals surface area (Å²) in [5, 5.41) is 4.61. The van der Waals surface area contributed by atoms with Crippen molar-refractivity contribution in [1.29, 1.82) is 0 Å². The van der Waals surface area contributed by atoms with Crippen LogP contribution in [0, 0.1) is 12.7 Å². The van der Waals surface area contributed by atoms with Crippen molar-refractivity contribution in [2.45, 2.75) is 13.3 Å². The summed E-state index contributed by atoms with van der Waals surface area (Å²) in [5.74, 6) is 0.534. The van der Waals surface area contributed by atoms with E-state index in [0.29, 0.717) is 6.42 Å². The van der Waals surface area contributed by atoms with E-state index in [9.17, 15) is 4.39 Å². The second-order valence-electron chi connectivity index (χ2n) is 7.80. The summed E-state index contributed by atoms with van der Waals surface area (Å²) in [6.07, 6.45) is 4.46. The van der Waals surface area contributed by atoms with Crippen molar-refractivity contribution in [2.24, 2.45) is 0 Å². The summed E-state index contributed by atoms with van der Waals surface area (Å²) in [6.45, 7) is 1.96. The van der Waals surface area contributed by atoms with Crippen LogP contribution < -0.4 is 10.1 Å². The number of imidazole rings is 1. The highest BCUT2D eigenvalue weighted by Gasteiger charge is 2.10. The van der Waals surface area contributed by atoms with Crippen molar-refractivity contribution >= 4 is 22.3 Å². The normalized spacial score (nSPS) is 11.1. The van der Waals surface area contributed by atoms with E-state index < -0.39 is 0 Å². The molecule has 2 heterocycles. The van der Waals surface area contributed by atoms with Crippen molar-refractivity contribution in [1.82, 2.24) is 14.5 Å². The fourth-order valence-corrected chi connectivity index (χ4v) is 3.92. The maximum absolute atomic E-state index is 13.2. The number of anilines is 2. The minimum Gasteiger partial charge on any atom is -0.494 e. The van der Waals surface area contributed by atoms with Gasteiger partial charge in [0.25, 0.3) is 0 Å². The molecular weight excluding hydrogens is 403 g/mol. The predicted molar refractivity (Wildman–Crippen MR) is 126 cm³/mol. The first-order valence-electron chi connectivity index (χ1n) is 10.4. The summed E-state index contributed by atoms with van der Waals surface area (Å²) in [7, 11) is 1.67. The summed E-state index contributed by atoms with van der Waals surface area (Å²) < 4.78 is 20.8. The lowest BCUT2D eigenvalue weighted by molar-refractivity contribution is 0.413. The highest BCUT2D eigenvalue weighted by molar-refractivity contribution is 5.94. The molecule has 5 nitrogen and oxygen atoms in total. The molecule has 5 aromatic rings. The number of benzene rings is 3. The van der Waals surface area contributed by atoms with Crippen molar-refractivity contribution in [3.63, 3.8) is 0 Å². The van der Waals surface area contributed by atoms with Gasteiger partial charge in [-0.25, -0.2) is 9.37 Å². The highest BCUT2D eigenvalue weighted by atomic mass is 19.1. The summed E-state index contributed by atoms with van der Waals surface area (Å²) >= 11 is 0. The minimum absolute atomic E-state index is 0.221. The molecule has 0 fully saturated rings. The van der Waals surface area contributed by atoms with E-state index in [2.05, 4.69) is 33.5 Å². The van der Waals surface area contributed by atoms with Gasteiger partial charge in [-0.3, -0.25) is 0 Å². The molecule has 2 aromatic heterocycles. The molecule has 0 spiro atoms. The van der Waals surface area contributed by atoms with Gasteiger partial charge in [0.1, 0.15) is 11.6 Å². The lowest BCUT2D eigenvalue weighted by Crippen LogP contribution is -1.98. The molecule has 0 radical (unpaired) electrons. The second-order valence-corrected chi connectivity index (χ2v) is 7.80. The van der Waals surface area contributed by atoms with Crippen LogP contribution >= 0.6 is 0 Å². The van der Waals surface area contributed by atoms with Gasteiger partial charge in [0.2, 0.25) is 0 Å². The molecule has 0 saturated carbocycles. The lowest BCUT2D eigenvalue weighted by atomic mass is 10.1. The number of aryl methyl sites for hydroxylation is 1. The van der Waals surface area contributed by atoms with Crippen LogP contribution in [0.15, 0.2) is 79.3 Å². The SMILES string of the molecule is COc1cc(Nc2cccc3[nH]c(Cc4ccc(F)cc4)cc23)ccc1-n1cnc(C)c1. The summed E-state index contributed by atoms with van der Waals surface area (Å²) in [4.78, 5) is 7.77. The van der Waals surface area contributed by atoms with Crippen molar-refractivity contribution < 1.29 is 9.13 Å². The topological polar surface area (TPSA) is 54.9 Å². The number of aromatic nitrogens is 3. The molecule has 6 heteroatoms. The van der Waals surface area contributed by atoms with Gasteiger partial charge in [-0.15, -0.1) is 0 Å². The Kier molecular flexibility index (Phi) is 5.11. The smallest absolute Gasteiger partial charge is 0.144 e. The Hall–Kier alpha value is -4.06. The molecule has 2 N–H and O–H groups in total. The first kappa shape index (κ1) is 19.9. The zero-order chi connectivity index (χ0) is 22.1. The van der Waals surface area contributed by atoms with E-state index in [1.807, 2.05) is 54.1 Å². The molecule has 0 unspecified atom stereocenters. The molecule has 3 aromatic carbocycles. The number of methoxy groups -OCH3 is 1. The molecule has 0 aliphatic carbocycles. The first-order valence-corrected chi connectivity index (χ1v) is 10.4. The molecule has 0 saturated heterocycles. The third-order valence-corrected chi connectivity index (χ3v) is 5.48. The fourth-order valence-electron chi connectivity index (χ4n) is 3.92. The zero-order valence-corrected chi connectivity index (χ0v) is 17.9. The number of nitrogens with one attached hydrogen (secondary N) is 2. The van der Waals surface area contributed by atoms with Gasteiger partial charge in [0.15, 0.2) is 0 Å². The Morgan fingerprint density at radius 1 is 1.06 bits per heavy atom. The molecule has 0 amide bonds. The number of hydrogen-bond acceptors (Lipinski definition) is 3. The van der Waals surface area contributed by atoms with Crippen molar-refractivity contribution in [3.05, 3.63) is 102 Å². The van der Waals surface area contributed by atoms with Gasteiger partial charge >= 0.3 is 0 Å². The second kappa shape index (κ2) is 8.23. The number of fused-ring (bicyclic) bond motifs is 1. The van der Waals surface area contributed by atoms with Crippen LogP contribution in [-0.4, -0.2) is 21.6 Å². The van der Waals surface area contributed by atoms with Crippen LogP contribution in [0.2, 0.25) is 0 Å². The van der Waals surface area contributed by atoms with E-state index in [-0.39, 0.29) is 5.82 Å². The van der Waals surface area contributed by atoms with Gasteiger partial charge in [-0.1, -0.05) is 18.2 Å². The van der Waals surface area contributed by atoms with Crippen LogP contribution in [0.4, 0.5) is 15.8 Å². The van der Waals surface area contributed by atoms with E-state index in [4.69, 9.17) is 4.74 Å². The Labute approximate surface area is 185 Å². The molecule has 0 bridgehead atoms. The number of aromatic amines is 1. The number of rotatable bonds is 6. The molecular formula is C26H23FN4O. The minimum atomic E-state index is -0.221. The van der Waals surface area contributed by atoms with Crippen LogP contribution in [-0.2, 0) is 6.42 Å². The molecule has 160 valence electrons. The van der Waals surface area contributed by atoms with Crippen LogP contribution in [0.1, 0.15) is 17.0 Å². The third-order valence-electron chi connectivity index (χ3n) is 5.48. The average Bonchev–Trinajstić information content (AvgIpc) is 3.41. The van der Waals surface area contributed by atoms with E-state index in [1.54, 1.807) is 13.4 Å². The molecule has 0 aliphatic rings. The summed E-state index contributed by atoms with van der Waals surface area (Å²) in [5.41, 5.74) is 6.98. The van der Waals surface area contributed by atoms with Gasteiger partial charge < -0.3 is 19.6 Å². The largest absolute Gasteiger partial charge is 0.494 e. The highest BCUT2D eigenvalue weighted by Crippen LogP contribution is 2.32. The number of H-pyrrole nitrogens is 1. The molecule has 0 atom stereocenters. The quantitative estimate of drug-likeness (QED) is 0.343. The standard InChI is InChI=1S/C26H23FN4O/c1-17-15-31(16-28-17)25-11-10-20(14-26(25)32-2)29-23-4-3-5-24-22(23)13-21(30-24)12-18-6-8-19(27)9-7-18/h3-11,13-16,29-30H,12H2,1-2H3. The van der Waals surface area contributed by atoms with Crippen LogP contribution in [0.5, 0.6) is 5.75 Å². The van der Waals surface area contributed by atoms with E-state index in [1.165, 1.54) is 12.1 Å².